The number of aromatic nitrogens is 1. The number of halogens is 4. The van der Waals surface area contributed by atoms with E-state index < -0.39 is 12.2 Å². The van der Waals surface area contributed by atoms with Crippen LogP contribution in [0.15, 0.2) is 6.07 Å². The van der Waals surface area contributed by atoms with Crippen molar-refractivity contribution in [3.8, 4) is 5.88 Å². The van der Waals surface area contributed by atoms with Gasteiger partial charge in [0.15, 0.2) is 0 Å². The smallest absolute Gasteiger partial charge is 0.393 e. The standard InChI is InChI=1S/C7H7F3IN3O/c8-7(9,10)15-6-5(13)4(11)1-3(2-12)14-6/h1H,2,12-13H2. The van der Waals surface area contributed by atoms with Crippen LogP contribution in [0.1, 0.15) is 5.69 Å². The van der Waals surface area contributed by atoms with E-state index in [4.69, 9.17) is 11.5 Å². The SMILES string of the molecule is NCc1cc(I)c(N)c(OC(F)(F)F)n1. The Bertz CT molecular complexity index is 369. The van der Waals surface area contributed by atoms with E-state index in [1.54, 1.807) is 22.6 Å². The number of ether oxygens (including phenoxy) is 1. The third kappa shape index (κ3) is 3.38. The van der Waals surface area contributed by atoms with Crippen LogP contribution >= 0.6 is 22.6 Å². The number of anilines is 1. The summed E-state index contributed by atoms with van der Waals surface area (Å²) in [5, 5.41) is 0. The number of alkyl halides is 3. The lowest BCUT2D eigenvalue weighted by atomic mass is 10.3. The first kappa shape index (κ1) is 12.3. The number of hydrogen-bond donors (Lipinski definition) is 2. The van der Waals surface area contributed by atoms with E-state index in [0.717, 1.165) is 0 Å². The number of pyridine rings is 1. The van der Waals surface area contributed by atoms with Gasteiger partial charge in [-0.05, 0) is 28.7 Å². The van der Waals surface area contributed by atoms with Crippen molar-refractivity contribution in [3.63, 3.8) is 0 Å². The molecule has 0 unspecified atom stereocenters. The molecule has 1 aromatic rings. The van der Waals surface area contributed by atoms with Crippen LogP contribution in [0.2, 0.25) is 0 Å². The minimum atomic E-state index is -4.81. The molecular weight excluding hydrogens is 326 g/mol. The zero-order chi connectivity index (χ0) is 11.6. The fourth-order valence-electron chi connectivity index (χ4n) is 0.841. The molecular formula is C7H7F3IN3O. The van der Waals surface area contributed by atoms with Gasteiger partial charge in [0, 0.05) is 10.1 Å². The monoisotopic (exact) mass is 333 g/mol. The highest BCUT2D eigenvalue weighted by Crippen LogP contribution is 2.30. The number of rotatable bonds is 2. The molecule has 0 aliphatic heterocycles. The molecule has 0 bridgehead atoms. The molecule has 4 N–H and O–H groups in total. The van der Waals surface area contributed by atoms with Gasteiger partial charge in [0.1, 0.15) is 5.69 Å². The number of nitrogen functional groups attached to an aromatic ring is 1. The molecule has 0 fully saturated rings. The molecule has 0 aromatic carbocycles. The van der Waals surface area contributed by atoms with Crippen LogP contribution in [0.25, 0.3) is 0 Å². The molecule has 1 heterocycles. The zero-order valence-corrected chi connectivity index (χ0v) is 9.46. The van der Waals surface area contributed by atoms with Gasteiger partial charge in [-0.3, -0.25) is 0 Å². The van der Waals surface area contributed by atoms with Gasteiger partial charge in [-0.2, -0.15) is 0 Å². The first-order chi connectivity index (χ1) is 6.83. The van der Waals surface area contributed by atoms with Crippen LogP contribution in [0.3, 0.4) is 0 Å². The second kappa shape index (κ2) is 4.39. The largest absolute Gasteiger partial charge is 0.574 e. The highest BCUT2D eigenvalue weighted by Gasteiger charge is 2.33. The number of hydrogen-bond acceptors (Lipinski definition) is 4. The maximum absolute atomic E-state index is 11.9. The zero-order valence-electron chi connectivity index (χ0n) is 7.31. The van der Waals surface area contributed by atoms with Gasteiger partial charge in [0.05, 0.1) is 5.69 Å². The predicted octanol–water partition coefficient (Wildman–Crippen LogP) is 1.63. The molecule has 1 aromatic heterocycles. The van der Waals surface area contributed by atoms with Crippen molar-refractivity contribution in [2.75, 3.05) is 5.73 Å². The number of nitrogens with two attached hydrogens (primary N) is 2. The lowest BCUT2D eigenvalue weighted by molar-refractivity contribution is -0.275. The average molecular weight is 333 g/mol. The van der Waals surface area contributed by atoms with Crippen LogP contribution in [0.5, 0.6) is 5.88 Å². The number of nitrogens with zero attached hydrogens (tertiary/aromatic N) is 1. The molecule has 0 amide bonds. The summed E-state index contributed by atoms with van der Waals surface area (Å²) in [4.78, 5) is 3.54. The molecule has 1 rings (SSSR count). The van der Waals surface area contributed by atoms with Crippen molar-refractivity contribution in [2.45, 2.75) is 12.9 Å². The van der Waals surface area contributed by atoms with Crippen molar-refractivity contribution >= 4 is 28.3 Å². The molecule has 0 radical (unpaired) electrons. The van der Waals surface area contributed by atoms with Gasteiger partial charge in [-0.1, -0.05) is 0 Å². The molecule has 0 spiro atoms. The normalized spacial score (nSPS) is 11.5. The van der Waals surface area contributed by atoms with Crippen LogP contribution in [0.4, 0.5) is 18.9 Å². The van der Waals surface area contributed by atoms with Crippen molar-refractivity contribution in [3.05, 3.63) is 15.3 Å². The summed E-state index contributed by atoms with van der Waals surface area (Å²) in [5.41, 5.74) is 10.8. The summed E-state index contributed by atoms with van der Waals surface area (Å²) in [6.45, 7) is 0.0184. The Morgan fingerprint density at radius 2 is 2.07 bits per heavy atom. The Hall–Kier alpha value is -0.770. The Balaban J connectivity index is 3.11. The molecule has 0 saturated carbocycles. The predicted molar refractivity (Wildman–Crippen MR) is 55.9 cm³/mol. The quantitative estimate of drug-likeness (QED) is 0.807. The molecule has 0 aliphatic carbocycles. The lowest BCUT2D eigenvalue weighted by Crippen LogP contribution is -2.20. The van der Waals surface area contributed by atoms with Gasteiger partial charge < -0.3 is 16.2 Å². The van der Waals surface area contributed by atoms with Gasteiger partial charge in [0.25, 0.3) is 0 Å². The van der Waals surface area contributed by atoms with Gasteiger partial charge in [-0.15, -0.1) is 13.2 Å². The highest BCUT2D eigenvalue weighted by atomic mass is 127. The first-order valence-corrected chi connectivity index (χ1v) is 4.82. The van der Waals surface area contributed by atoms with E-state index in [1.807, 2.05) is 0 Å². The van der Waals surface area contributed by atoms with Gasteiger partial charge >= 0.3 is 6.36 Å². The summed E-state index contributed by atoms with van der Waals surface area (Å²) >= 11 is 1.78. The van der Waals surface area contributed by atoms with Crippen LogP contribution in [0, 0.1) is 3.57 Å². The average Bonchev–Trinajstić information content (AvgIpc) is 2.10. The minimum Gasteiger partial charge on any atom is -0.393 e. The summed E-state index contributed by atoms with van der Waals surface area (Å²) in [5.74, 6) is -0.658. The Labute approximate surface area is 96.9 Å². The Morgan fingerprint density at radius 1 is 1.47 bits per heavy atom. The Kier molecular flexibility index (Phi) is 3.60. The topological polar surface area (TPSA) is 74.2 Å². The van der Waals surface area contributed by atoms with Crippen molar-refractivity contribution < 1.29 is 17.9 Å². The fraction of sp³-hybridized carbons (Fsp3) is 0.286. The molecule has 0 saturated heterocycles. The highest BCUT2D eigenvalue weighted by molar-refractivity contribution is 14.1. The first-order valence-electron chi connectivity index (χ1n) is 3.74. The molecule has 8 heteroatoms. The van der Waals surface area contributed by atoms with Crippen LogP contribution in [-0.4, -0.2) is 11.3 Å². The second-order valence-electron chi connectivity index (χ2n) is 2.57. The van der Waals surface area contributed by atoms with E-state index in [0.29, 0.717) is 3.57 Å². The summed E-state index contributed by atoms with van der Waals surface area (Å²) in [6, 6.07) is 1.50. The third-order valence-corrected chi connectivity index (χ3v) is 2.34. The van der Waals surface area contributed by atoms with E-state index >= 15 is 0 Å². The van der Waals surface area contributed by atoms with E-state index in [1.165, 1.54) is 6.07 Å². The van der Waals surface area contributed by atoms with E-state index in [2.05, 4.69) is 9.72 Å². The van der Waals surface area contributed by atoms with Crippen molar-refractivity contribution in [1.82, 2.24) is 4.98 Å². The van der Waals surface area contributed by atoms with Gasteiger partial charge in [0.2, 0.25) is 5.88 Å². The summed E-state index contributed by atoms with van der Waals surface area (Å²) in [6.07, 6.45) is -4.81. The van der Waals surface area contributed by atoms with Crippen molar-refractivity contribution in [1.29, 1.82) is 0 Å². The molecule has 4 nitrogen and oxygen atoms in total. The molecule has 84 valence electrons. The Morgan fingerprint density at radius 3 is 2.53 bits per heavy atom. The van der Waals surface area contributed by atoms with E-state index in [-0.39, 0.29) is 17.9 Å². The van der Waals surface area contributed by atoms with Crippen LogP contribution < -0.4 is 16.2 Å². The summed E-state index contributed by atoms with van der Waals surface area (Å²) < 4.78 is 39.9. The maximum Gasteiger partial charge on any atom is 0.574 e. The lowest BCUT2D eigenvalue weighted by Gasteiger charge is -2.12. The third-order valence-electron chi connectivity index (χ3n) is 1.45. The maximum atomic E-state index is 11.9. The fourth-order valence-corrected chi connectivity index (χ4v) is 1.43. The van der Waals surface area contributed by atoms with E-state index in [9.17, 15) is 13.2 Å². The second-order valence-corrected chi connectivity index (χ2v) is 3.73. The van der Waals surface area contributed by atoms with Gasteiger partial charge in [-0.25, -0.2) is 4.98 Å². The molecule has 0 aliphatic rings. The van der Waals surface area contributed by atoms with Crippen molar-refractivity contribution in [2.24, 2.45) is 5.73 Å². The molecule has 0 atom stereocenters. The molecule has 15 heavy (non-hydrogen) atoms. The van der Waals surface area contributed by atoms with Crippen LogP contribution in [-0.2, 0) is 6.54 Å². The minimum absolute atomic E-state index is 0.0184. The summed E-state index contributed by atoms with van der Waals surface area (Å²) in [7, 11) is 0.